The first-order valence-corrected chi connectivity index (χ1v) is 9.06. The molecule has 7 heteroatoms. The molecular weight excluding hydrogens is 340 g/mol. The highest BCUT2D eigenvalue weighted by molar-refractivity contribution is 5.81. The van der Waals surface area contributed by atoms with Crippen molar-refractivity contribution < 1.29 is 4.79 Å². The fourth-order valence-corrected chi connectivity index (χ4v) is 2.90. The first-order valence-electron chi connectivity index (χ1n) is 9.06. The predicted molar refractivity (Wildman–Crippen MR) is 103 cm³/mol. The third kappa shape index (κ3) is 5.50. The largest absolute Gasteiger partial charge is 0.355 e. The summed E-state index contributed by atoms with van der Waals surface area (Å²) in [6.07, 6.45) is 11.4. The number of terminal acetylenes is 1. The first-order chi connectivity index (χ1) is 13.1. The van der Waals surface area contributed by atoms with Crippen molar-refractivity contribution in [2.45, 2.75) is 43.9 Å². The summed E-state index contributed by atoms with van der Waals surface area (Å²) in [7, 11) is 0. The van der Waals surface area contributed by atoms with E-state index < -0.39 is 6.04 Å². The molecule has 0 bridgehead atoms. The minimum absolute atomic E-state index is 0.194. The molecule has 27 heavy (non-hydrogen) atoms. The lowest BCUT2D eigenvalue weighted by Gasteiger charge is -2.13. The van der Waals surface area contributed by atoms with Gasteiger partial charge in [0.05, 0.1) is 18.1 Å². The van der Waals surface area contributed by atoms with Crippen LogP contribution in [0.25, 0.3) is 0 Å². The molecule has 7 nitrogen and oxygen atoms in total. The van der Waals surface area contributed by atoms with E-state index in [1.807, 2.05) is 29.0 Å². The van der Waals surface area contributed by atoms with Gasteiger partial charge in [-0.1, -0.05) is 30.3 Å². The fourth-order valence-electron chi connectivity index (χ4n) is 2.90. The van der Waals surface area contributed by atoms with Crippen LogP contribution in [-0.2, 0) is 17.8 Å². The van der Waals surface area contributed by atoms with E-state index in [9.17, 15) is 4.79 Å². The average molecular weight is 364 g/mol. The van der Waals surface area contributed by atoms with Crippen molar-refractivity contribution in [2.75, 3.05) is 6.54 Å². The molecule has 1 aromatic heterocycles. The van der Waals surface area contributed by atoms with Crippen molar-refractivity contribution >= 4 is 5.91 Å². The molecule has 1 amide bonds. The van der Waals surface area contributed by atoms with Gasteiger partial charge in [0.2, 0.25) is 5.91 Å². The fraction of sp³-hybridized carbons (Fsp3) is 0.400. The molecule has 0 unspecified atom stereocenters. The van der Waals surface area contributed by atoms with Gasteiger partial charge in [0, 0.05) is 45.0 Å². The molecule has 0 saturated heterocycles. The van der Waals surface area contributed by atoms with Crippen molar-refractivity contribution in [3.8, 4) is 12.3 Å². The molecule has 0 aliphatic carbocycles. The number of rotatable bonds is 10. The Morgan fingerprint density at radius 2 is 2.07 bits per heavy atom. The maximum atomic E-state index is 12.2. The maximum absolute atomic E-state index is 12.2. The molecule has 0 fully saturated rings. The second kappa shape index (κ2) is 8.60. The highest BCUT2D eigenvalue weighted by Gasteiger charge is 2.38. The number of aromatic nitrogens is 2. The number of carbonyl (C=O) groups excluding carboxylic acids is 1. The Balaban J connectivity index is 1.41. The molecule has 1 aliphatic heterocycles. The van der Waals surface area contributed by atoms with Crippen LogP contribution in [0.3, 0.4) is 0 Å². The van der Waals surface area contributed by atoms with Crippen molar-refractivity contribution in [1.82, 2.24) is 14.9 Å². The van der Waals surface area contributed by atoms with Gasteiger partial charge in [0.1, 0.15) is 0 Å². The van der Waals surface area contributed by atoms with Gasteiger partial charge in [-0.05, 0) is 5.56 Å². The smallest absolute Gasteiger partial charge is 0.237 e. The van der Waals surface area contributed by atoms with E-state index in [0.29, 0.717) is 25.8 Å². The van der Waals surface area contributed by atoms with E-state index in [4.69, 9.17) is 12.2 Å². The van der Waals surface area contributed by atoms with Crippen molar-refractivity contribution in [3.63, 3.8) is 0 Å². The van der Waals surface area contributed by atoms with E-state index in [1.165, 1.54) is 5.56 Å². The number of hydrogen-bond acceptors (Lipinski definition) is 5. The van der Waals surface area contributed by atoms with Crippen LogP contribution in [0.1, 0.15) is 30.5 Å². The molecule has 140 valence electrons. The van der Waals surface area contributed by atoms with Crippen LogP contribution in [-0.4, -0.2) is 33.7 Å². The molecule has 3 rings (SSSR count). The number of nitrogens with one attached hydrogen (secondary N) is 1. The summed E-state index contributed by atoms with van der Waals surface area (Å²) < 4.78 is 1.99. The zero-order valence-corrected chi connectivity index (χ0v) is 15.2. The minimum atomic E-state index is -0.639. The van der Waals surface area contributed by atoms with E-state index in [-0.39, 0.29) is 11.6 Å². The van der Waals surface area contributed by atoms with E-state index >= 15 is 0 Å². The van der Waals surface area contributed by atoms with Gasteiger partial charge in [0.15, 0.2) is 5.66 Å². The van der Waals surface area contributed by atoms with E-state index in [1.54, 1.807) is 6.33 Å². The highest BCUT2D eigenvalue weighted by atomic mass is 16.2. The molecule has 2 heterocycles. The predicted octanol–water partition coefficient (Wildman–Crippen LogP) is 1.88. The van der Waals surface area contributed by atoms with Crippen LogP contribution in [0.5, 0.6) is 0 Å². The Morgan fingerprint density at radius 1 is 1.30 bits per heavy atom. The van der Waals surface area contributed by atoms with Gasteiger partial charge < -0.3 is 15.6 Å². The van der Waals surface area contributed by atoms with Crippen LogP contribution in [0.2, 0.25) is 0 Å². The van der Waals surface area contributed by atoms with Crippen molar-refractivity contribution in [2.24, 2.45) is 16.0 Å². The Kier molecular flexibility index (Phi) is 5.99. The summed E-state index contributed by atoms with van der Waals surface area (Å²) in [6, 6.07) is 9.49. The number of nitrogens with two attached hydrogens (primary N) is 1. The summed E-state index contributed by atoms with van der Waals surface area (Å²) in [4.78, 5) is 16.6. The summed E-state index contributed by atoms with van der Waals surface area (Å²) in [6.45, 7) is 1.22. The molecule has 3 N–H and O–H groups in total. The number of nitrogens with zero attached hydrogens (tertiary/aromatic N) is 4. The highest BCUT2D eigenvalue weighted by Crippen LogP contribution is 2.35. The van der Waals surface area contributed by atoms with Gasteiger partial charge in [-0.2, -0.15) is 10.2 Å². The number of carbonyl (C=O) groups is 1. The van der Waals surface area contributed by atoms with Gasteiger partial charge in [-0.25, -0.2) is 4.98 Å². The zero-order valence-electron chi connectivity index (χ0n) is 15.2. The lowest BCUT2D eigenvalue weighted by molar-refractivity contribution is -0.122. The van der Waals surface area contributed by atoms with Crippen LogP contribution in [0.4, 0.5) is 0 Å². The van der Waals surface area contributed by atoms with Crippen molar-refractivity contribution in [1.29, 1.82) is 0 Å². The number of imidazole rings is 1. The number of amides is 1. The molecule has 0 radical (unpaired) electrons. The van der Waals surface area contributed by atoms with Crippen molar-refractivity contribution in [3.05, 3.63) is 54.1 Å². The Hall–Kier alpha value is -2.98. The lowest BCUT2D eigenvalue weighted by Crippen LogP contribution is -2.43. The second-order valence-corrected chi connectivity index (χ2v) is 6.76. The Labute approximate surface area is 159 Å². The van der Waals surface area contributed by atoms with Crippen LogP contribution in [0, 0.1) is 12.3 Å². The molecular formula is C20H24N6O. The molecule has 2 aromatic rings. The molecule has 0 spiro atoms. The van der Waals surface area contributed by atoms with Gasteiger partial charge in [0.25, 0.3) is 0 Å². The second-order valence-electron chi connectivity index (χ2n) is 6.76. The molecule has 0 saturated carbocycles. The number of benzene rings is 1. The van der Waals surface area contributed by atoms with Gasteiger partial charge >= 0.3 is 0 Å². The van der Waals surface area contributed by atoms with Crippen LogP contribution >= 0.6 is 0 Å². The standard InChI is InChI=1S/C20H24N6O/c1-2-3-9-20(24-25-20)10-11-22-19(27)18(21)12-17-14-26(15-23-17)13-16-7-5-4-6-8-16/h1,4-8,14-15,18H,3,9-13,21H2,(H,22,27)/t18-/m0/s1. The van der Waals surface area contributed by atoms with E-state index in [2.05, 4.69) is 38.6 Å². The first kappa shape index (κ1) is 18.8. The van der Waals surface area contributed by atoms with Crippen LogP contribution in [0.15, 0.2) is 53.1 Å². The Bertz CT molecular complexity index is 830. The average Bonchev–Trinajstić information content (AvgIpc) is 3.31. The molecule has 1 aromatic carbocycles. The summed E-state index contributed by atoms with van der Waals surface area (Å²) in [5.41, 5.74) is 7.62. The Morgan fingerprint density at radius 3 is 2.78 bits per heavy atom. The zero-order chi connectivity index (χ0) is 19.1. The third-order valence-corrected chi connectivity index (χ3v) is 4.54. The number of hydrogen-bond donors (Lipinski definition) is 2. The normalized spacial score (nSPS) is 15.1. The maximum Gasteiger partial charge on any atom is 0.237 e. The monoisotopic (exact) mass is 364 g/mol. The lowest BCUT2D eigenvalue weighted by atomic mass is 10.0. The topological polar surface area (TPSA) is 97.7 Å². The summed E-state index contributed by atoms with van der Waals surface area (Å²) in [5.74, 6) is 2.40. The third-order valence-electron chi connectivity index (χ3n) is 4.54. The minimum Gasteiger partial charge on any atom is -0.355 e. The van der Waals surface area contributed by atoms with Gasteiger partial charge in [-0.3, -0.25) is 4.79 Å². The SMILES string of the molecule is C#CCCC1(CCNC(=O)[C@@H](N)Cc2cn(Cc3ccccc3)cn2)N=N1. The molecule has 1 aliphatic rings. The summed E-state index contributed by atoms with van der Waals surface area (Å²) >= 11 is 0. The van der Waals surface area contributed by atoms with Gasteiger partial charge in [-0.15, -0.1) is 12.3 Å². The van der Waals surface area contributed by atoms with E-state index in [0.717, 1.165) is 18.7 Å². The molecule has 1 atom stereocenters. The summed E-state index contributed by atoms with van der Waals surface area (Å²) in [5, 5.41) is 11.0. The quantitative estimate of drug-likeness (QED) is 0.630. The van der Waals surface area contributed by atoms with Crippen LogP contribution < -0.4 is 11.1 Å².